The third-order valence-corrected chi connectivity index (χ3v) is 4.07. The number of amides is 1. The number of thioether (sulfide) groups is 1. The van der Waals surface area contributed by atoms with Crippen molar-refractivity contribution in [3.8, 4) is 0 Å². The summed E-state index contributed by atoms with van der Waals surface area (Å²) in [6, 6.07) is 8.31. The van der Waals surface area contributed by atoms with Gasteiger partial charge in [-0.2, -0.15) is 0 Å². The summed E-state index contributed by atoms with van der Waals surface area (Å²) in [4.78, 5) is 15.3. The first-order valence-electron chi connectivity index (χ1n) is 6.57. The molecule has 1 aromatic carbocycles. The standard InChI is InChI=1S/C15H24N2OS/c1-11(2)14(9-16)15(18)17(3)10-12-5-7-13(19-4)8-6-12/h5-8,11,14H,9-10,16H2,1-4H3. The maximum absolute atomic E-state index is 12.3. The molecule has 0 aromatic heterocycles. The highest BCUT2D eigenvalue weighted by Gasteiger charge is 2.23. The number of nitrogens with zero attached hydrogens (tertiary/aromatic N) is 1. The van der Waals surface area contributed by atoms with Crippen LogP contribution < -0.4 is 5.73 Å². The van der Waals surface area contributed by atoms with Crippen LogP contribution in [0.4, 0.5) is 0 Å². The smallest absolute Gasteiger partial charge is 0.227 e. The zero-order chi connectivity index (χ0) is 14.4. The minimum absolute atomic E-state index is 0.0875. The molecule has 4 heteroatoms. The van der Waals surface area contributed by atoms with Gasteiger partial charge in [0.15, 0.2) is 0 Å². The Bertz CT molecular complexity index is 403. The Morgan fingerprint density at radius 1 is 1.32 bits per heavy atom. The van der Waals surface area contributed by atoms with Crippen molar-refractivity contribution in [2.24, 2.45) is 17.6 Å². The normalized spacial score (nSPS) is 12.5. The van der Waals surface area contributed by atoms with E-state index in [1.54, 1.807) is 16.7 Å². The second-order valence-corrected chi connectivity index (χ2v) is 6.01. The lowest BCUT2D eigenvalue weighted by atomic mass is 9.94. The van der Waals surface area contributed by atoms with E-state index < -0.39 is 0 Å². The van der Waals surface area contributed by atoms with Crippen LogP contribution in [0, 0.1) is 11.8 Å². The summed E-state index contributed by atoms with van der Waals surface area (Å²) in [5, 5.41) is 0. The minimum atomic E-state index is -0.0875. The molecule has 1 aromatic rings. The van der Waals surface area contributed by atoms with Gasteiger partial charge in [0.05, 0.1) is 5.92 Å². The van der Waals surface area contributed by atoms with Crippen LogP contribution in [-0.4, -0.2) is 30.7 Å². The Morgan fingerprint density at radius 2 is 1.89 bits per heavy atom. The van der Waals surface area contributed by atoms with Crippen molar-refractivity contribution < 1.29 is 4.79 Å². The van der Waals surface area contributed by atoms with Crippen molar-refractivity contribution in [1.82, 2.24) is 4.90 Å². The molecule has 0 aliphatic heterocycles. The van der Waals surface area contributed by atoms with E-state index in [4.69, 9.17) is 5.73 Å². The lowest BCUT2D eigenvalue weighted by Crippen LogP contribution is -2.38. The van der Waals surface area contributed by atoms with Gasteiger partial charge in [-0.25, -0.2) is 0 Å². The van der Waals surface area contributed by atoms with Crippen LogP contribution in [0.2, 0.25) is 0 Å². The highest BCUT2D eigenvalue weighted by molar-refractivity contribution is 7.98. The van der Waals surface area contributed by atoms with E-state index in [1.807, 2.05) is 20.9 Å². The molecule has 19 heavy (non-hydrogen) atoms. The number of benzene rings is 1. The van der Waals surface area contributed by atoms with E-state index in [-0.39, 0.29) is 17.7 Å². The topological polar surface area (TPSA) is 46.3 Å². The van der Waals surface area contributed by atoms with Gasteiger partial charge in [-0.05, 0) is 29.9 Å². The predicted octanol–water partition coefficient (Wildman–Crippen LogP) is 2.60. The Morgan fingerprint density at radius 3 is 2.32 bits per heavy atom. The van der Waals surface area contributed by atoms with Crippen LogP contribution in [-0.2, 0) is 11.3 Å². The van der Waals surface area contributed by atoms with Crippen molar-refractivity contribution in [2.75, 3.05) is 19.8 Å². The highest BCUT2D eigenvalue weighted by Crippen LogP contribution is 2.17. The summed E-state index contributed by atoms with van der Waals surface area (Å²) >= 11 is 1.72. The lowest BCUT2D eigenvalue weighted by Gasteiger charge is -2.25. The van der Waals surface area contributed by atoms with Crippen molar-refractivity contribution in [1.29, 1.82) is 0 Å². The fraction of sp³-hybridized carbons (Fsp3) is 0.533. The van der Waals surface area contributed by atoms with Crippen molar-refractivity contribution in [2.45, 2.75) is 25.3 Å². The van der Waals surface area contributed by atoms with Gasteiger partial charge in [0.2, 0.25) is 5.91 Å². The monoisotopic (exact) mass is 280 g/mol. The zero-order valence-electron chi connectivity index (χ0n) is 12.2. The number of carbonyl (C=O) groups is 1. The van der Waals surface area contributed by atoms with E-state index >= 15 is 0 Å². The fourth-order valence-electron chi connectivity index (χ4n) is 2.02. The molecular weight excluding hydrogens is 256 g/mol. The van der Waals surface area contributed by atoms with Gasteiger partial charge in [-0.1, -0.05) is 26.0 Å². The van der Waals surface area contributed by atoms with E-state index in [0.717, 1.165) is 5.56 Å². The first-order chi connectivity index (χ1) is 8.99. The molecule has 1 amide bonds. The first-order valence-corrected chi connectivity index (χ1v) is 7.80. The van der Waals surface area contributed by atoms with Gasteiger partial charge in [-0.3, -0.25) is 4.79 Å². The van der Waals surface area contributed by atoms with Gasteiger partial charge in [0.1, 0.15) is 0 Å². The number of nitrogens with two attached hydrogens (primary N) is 1. The van der Waals surface area contributed by atoms with Crippen LogP contribution in [0.5, 0.6) is 0 Å². The van der Waals surface area contributed by atoms with Gasteiger partial charge in [-0.15, -0.1) is 11.8 Å². The van der Waals surface area contributed by atoms with Crippen LogP contribution >= 0.6 is 11.8 Å². The highest BCUT2D eigenvalue weighted by atomic mass is 32.2. The quantitative estimate of drug-likeness (QED) is 0.815. The average Bonchev–Trinajstić information content (AvgIpc) is 2.39. The molecule has 0 aliphatic rings. The van der Waals surface area contributed by atoms with E-state index in [9.17, 15) is 4.79 Å². The molecule has 106 valence electrons. The zero-order valence-corrected chi connectivity index (χ0v) is 13.0. The van der Waals surface area contributed by atoms with E-state index in [1.165, 1.54) is 4.90 Å². The van der Waals surface area contributed by atoms with Crippen LogP contribution in [0.1, 0.15) is 19.4 Å². The Labute approximate surface area is 120 Å². The molecule has 0 fully saturated rings. The van der Waals surface area contributed by atoms with Crippen molar-refractivity contribution >= 4 is 17.7 Å². The molecule has 3 nitrogen and oxygen atoms in total. The molecule has 0 radical (unpaired) electrons. The summed E-state index contributed by atoms with van der Waals surface area (Å²) in [5.41, 5.74) is 6.84. The van der Waals surface area contributed by atoms with E-state index in [0.29, 0.717) is 13.1 Å². The van der Waals surface area contributed by atoms with Crippen molar-refractivity contribution in [3.63, 3.8) is 0 Å². The Balaban J connectivity index is 2.67. The van der Waals surface area contributed by atoms with Crippen LogP contribution in [0.3, 0.4) is 0 Å². The predicted molar refractivity (Wildman–Crippen MR) is 82.1 cm³/mol. The number of hydrogen-bond acceptors (Lipinski definition) is 3. The molecular formula is C15H24N2OS. The maximum atomic E-state index is 12.3. The summed E-state index contributed by atoms with van der Waals surface area (Å²) in [7, 11) is 1.84. The SMILES string of the molecule is CSc1ccc(CN(C)C(=O)C(CN)C(C)C)cc1. The Hall–Kier alpha value is -1.00. The number of carbonyl (C=O) groups excluding carboxylic acids is 1. The molecule has 0 aliphatic carbocycles. The Kier molecular flexibility index (Phi) is 6.38. The van der Waals surface area contributed by atoms with E-state index in [2.05, 4.69) is 30.5 Å². The molecule has 0 spiro atoms. The summed E-state index contributed by atoms with van der Waals surface area (Å²) in [6.45, 7) is 5.12. The number of hydrogen-bond donors (Lipinski definition) is 1. The fourth-order valence-corrected chi connectivity index (χ4v) is 2.43. The molecule has 2 N–H and O–H groups in total. The maximum Gasteiger partial charge on any atom is 0.227 e. The van der Waals surface area contributed by atoms with Gasteiger partial charge in [0, 0.05) is 25.0 Å². The second kappa shape index (κ2) is 7.56. The minimum Gasteiger partial charge on any atom is -0.341 e. The molecule has 1 unspecified atom stereocenters. The average molecular weight is 280 g/mol. The molecule has 1 atom stereocenters. The molecule has 0 heterocycles. The third kappa shape index (κ3) is 4.55. The van der Waals surface area contributed by atoms with Gasteiger partial charge in [0.25, 0.3) is 0 Å². The van der Waals surface area contributed by atoms with Gasteiger partial charge < -0.3 is 10.6 Å². The molecule has 1 rings (SSSR count). The molecule has 0 bridgehead atoms. The molecule has 0 saturated heterocycles. The summed E-state index contributed by atoms with van der Waals surface area (Å²) < 4.78 is 0. The number of rotatable bonds is 6. The summed E-state index contributed by atoms with van der Waals surface area (Å²) in [5.74, 6) is 0.320. The van der Waals surface area contributed by atoms with Crippen LogP contribution in [0.25, 0.3) is 0 Å². The van der Waals surface area contributed by atoms with Crippen LogP contribution in [0.15, 0.2) is 29.2 Å². The molecule has 0 saturated carbocycles. The first kappa shape index (κ1) is 16.1. The van der Waals surface area contributed by atoms with Crippen molar-refractivity contribution in [3.05, 3.63) is 29.8 Å². The van der Waals surface area contributed by atoms with Gasteiger partial charge >= 0.3 is 0 Å². The lowest BCUT2D eigenvalue weighted by molar-refractivity contribution is -0.135. The largest absolute Gasteiger partial charge is 0.341 e. The summed E-state index contributed by atoms with van der Waals surface area (Å²) in [6.07, 6.45) is 2.05. The third-order valence-electron chi connectivity index (χ3n) is 3.33. The second-order valence-electron chi connectivity index (χ2n) is 5.13.